The van der Waals surface area contributed by atoms with Gasteiger partial charge in [-0.05, 0) is 31.2 Å². The first kappa shape index (κ1) is 13.2. The van der Waals surface area contributed by atoms with Crippen molar-refractivity contribution in [3.05, 3.63) is 29.3 Å². The summed E-state index contributed by atoms with van der Waals surface area (Å²) >= 11 is 5.84. The maximum atomic E-state index is 12.0. The number of benzene rings is 1. The fourth-order valence-corrected chi connectivity index (χ4v) is 2.32. The zero-order valence-corrected chi connectivity index (χ0v) is 11.2. The number of carbonyl (C=O) groups excluding carboxylic acids is 1. The van der Waals surface area contributed by atoms with Crippen molar-refractivity contribution in [1.82, 2.24) is 0 Å². The third-order valence-electron chi connectivity index (χ3n) is 3.32. The quantitative estimate of drug-likeness (QED) is 0.857. The molecule has 0 amide bonds. The first-order valence-corrected chi connectivity index (χ1v) is 6.20. The molecule has 1 fully saturated rings. The predicted octanol–water partition coefficient (Wildman–Crippen LogP) is 2.47. The summed E-state index contributed by atoms with van der Waals surface area (Å²) in [6.45, 7) is 2.41. The number of nitrogens with one attached hydrogen (secondary N) is 1. The molecule has 2 unspecified atom stereocenters. The van der Waals surface area contributed by atoms with Crippen LogP contribution in [-0.4, -0.2) is 31.3 Å². The van der Waals surface area contributed by atoms with Crippen LogP contribution in [0.5, 0.6) is 0 Å². The second-order valence-corrected chi connectivity index (χ2v) is 4.79. The standard InChI is InChI=1S/C13H16ClNO3/c1-9-13(7-8-18-9,12(16)17-2)15-11-5-3-10(14)4-6-11/h3-6,9,15H,7-8H2,1-2H3. The molecule has 2 rings (SSSR count). The fourth-order valence-electron chi connectivity index (χ4n) is 2.20. The number of halogens is 1. The average Bonchev–Trinajstić information content (AvgIpc) is 2.74. The predicted molar refractivity (Wildman–Crippen MR) is 69.9 cm³/mol. The summed E-state index contributed by atoms with van der Waals surface area (Å²) < 4.78 is 10.4. The van der Waals surface area contributed by atoms with Crippen LogP contribution in [0.4, 0.5) is 5.69 Å². The van der Waals surface area contributed by atoms with Gasteiger partial charge in [-0.1, -0.05) is 11.6 Å². The third-order valence-corrected chi connectivity index (χ3v) is 3.57. The summed E-state index contributed by atoms with van der Waals surface area (Å²) in [5.41, 5.74) is 0.00455. The first-order valence-electron chi connectivity index (χ1n) is 5.82. The van der Waals surface area contributed by atoms with E-state index in [0.717, 1.165) is 5.69 Å². The van der Waals surface area contributed by atoms with Gasteiger partial charge < -0.3 is 14.8 Å². The lowest BCUT2D eigenvalue weighted by atomic mass is 9.91. The molecule has 0 saturated carbocycles. The zero-order chi connectivity index (χ0) is 13.2. The maximum absolute atomic E-state index is 12.0. The largest absolute Gasteiger partial charge is 0.467 e. The minimum Gasteiger partial charge on any atom is -0.467 e. The molecule has 4 nitrogen and oxygen atoms in total. The Balaban J connectivity index is 2.26. The van der Waals surface area contributed by atoms with Gasteiger partial charge in [0.2, 0.25) is 0 Å². The monoisotopic (exact) mass is 269 g/mol. The van der Waals surface area contributed by atoms with E-state index in [9.17, 15) is 4.79 Å². The van der Waals surface area contributed by atoms with E-state index in [1.165, 1.54) is 7.11 Å². The van der Waals surface area contributed by atoms with Gasteiger partial charge in [-0.2, -0.15) is 0 Å². The van der Waals surface area contributed by atoms with Gasteiger partial charge in [0, 0.05) is 23.7 Å². The van der Waals surface area contributed by atoms with E-state index in [1.54, 1.807) is 12.1 Å². The maximum Gasteiger partial charge on any atom is 0.334 e. The number of hydrogen-bond donors (Lipinski definition) is 1. The highest BCUT2D eigenvalue weighted by molar-refractivity contribution is 6.30. The highest BCUT2D eigenvalue weighted by Crippen LogP contribution is 2.31. The summed E-state index contributed by atoms with van der Waals surface area (Å²) in [6.07, 6.45) is 0.351. The molecule has 1 heterocycles. The molecule has 0 radical (unpaired) electrons. The normalized spacial score (nSPS) is 26.9. The lowest BCUT2D eigenvalue weighted by Gasteiger charge is -2.31. The molecule has 1 saturated heterocycles. The number of anilines is 1. The van der Waals surface area contributed by atoms with Crippen LogP contribution in [0.2, 0.25) is 5.02 Å². The van der Waals surface area contributed by atoms with Gasteiger partial charge in [-0.3, -0.25) is 0 Å². The van der Waals surface area contributed by atoms with Gasteiger partial charge in [0.1, 0.15) is 0 Å². The fraction of sp³-hybridized carbons (Fsp3) is 0.462. The minimum atomic E-state index is -0.817. The summed E-state index contributed by atoms with van der Waals surface area (Å²) in [7, 11) is 1.39. The Hall–Kier alpha value is -1.26. The molecule has 2 atom stereocenters. The lowest BCUT2D eigenvalue weighted by molar-refractivity contribution is -0.147. The average molecular weight is 270 g/mol. The van der Waals surface area contributed by atoms with Crippen LogP contribution in [0, 0.1) is 0 Å². The van der Waals surface area contributed by atoms with Crippen LogP contribution in [0.1, 0.15) is 13.3 Å². The molecule has 1 aromatic carbocycles. The Morgan fingerprint density at radius 2 is 2.17 bits per heavy atom. The lowest BCUT2D eigenvalue weighted by Crippen LogP contribution is -2.52. The molecule has 0 bridgehead atoms. The number of rotatable bonds is 3. The van der Waals surface area contributed by atoms with E-state index < -0.39 is 5.54 Å². The zero-order valence-electron chi connectivity index (χ0n) is 10.4. The van der Waals surface area contributed by atoms with Crippen molar-refractivity contribution < 1.29 is 14.3 Å². The third kappa shape index (κ3) is 2.31. The van der Waals surface area contributed by atoms with Gasteiger partial charge in [0.25, 0.3) is 0 Å². The van der Waals surface area contributed by atoms with Gasteiger partial charge in [-0.15, -0.1) is 0 Å². The van der Waals surface area contributed by atoms with Crippen LogP contribution >= 0.6 is 11.6 Å². The second kappa shape index (κ2) is 5.16. The molecule has 98 valence electrons. The Kier molecular flexibility index (Phi) is 3.78. The van der Waals surface area contributed by atoms with E-state index in [4.69, 9.17) is 21.1 Å². The number of methoxy groups -OCH3 is 1. The van der Waals surface area contributed by atoms with Crippen molar-refractivity contribution in [3.8, 4) is 0 Å². The van der Waals surface area contributed by atoms with Crippen LogP contribution in [0.3, 0.4) is 0 Å². The van der Waals surface area contributed by atoms with Crippen molar-refractivity contribution in [3.63, 3.8) is 0 Å². The molecule has 1 aliphatic rings. The summed E-state index contributed by atoms with van der Waals surface area (Å²) in [6, 6.07) is 7.21. The van der Waals surface area contributed by atoms with Gasteiger partial charge in [-0.25, -0.2) is 4.79 Å². The van der Waals surface area contributed by atoms with Crippen molar-refractivity contribution in [2.75, 3.05) is 19.0 Å². The summed E-state index contributed by atoms with van der Waals surface area (Å²) in [5.74, 6) is -0.303. The highest BCUT2D eigenvalue weighted by atomic mass is 35.5. The topological polar surface area (TPSA) is 47.6 Å². The Morgan fingerprint density at radius 1 is 1.50 bits per heavy atom. The summed E-state index contributed by atoms with van der Waals surface area (Å²) in [4.78, 5) is 12.0. The molecule has 1 aliphatic heterocycles. The van der Waals surface area contributed by atoms with Crippen LogP contribution in [0.25, 0.3) is 0 Å². The van der Waals surface area contributed by atoms with E-state index in [-0.39, 0.29) is 12.1 Å². The molecule has 1 N–H and O–H groups in total. The van der Waals surface area contributed by atoms with E-state index in [1.807, 2.05) is 19.1 Å². The Morgan fingerprint density at radius 3 is 2.67 bits per heavy atom. The molecule has 1 aromatic rings. The molecule has 5 heteroatoms. The molecule has 0 spiro atoms. The number of carbonyl (C=O) groups is 1. The van der Waals surface area contributed by atoms with Crippen LogP contribution in [-0.2, 0) is 14.3 Å². The molecular weight excluding hydrogens is 254 g/mol. The van der Waals surface area contributed by atoms with Crippen molar-refractivity contribution >= 4 is 23.3 Å². The Labute approximate surface area is 111 Å². The highest BCUT2D eigenvalue weighted by Gasteiger charge is 2.49. The number of hydrogen-bond acceptors (Lipinski definition) is 4. The van der Waals surface area contributed by atoms with Crippen molar-refractivity contribution in [2.24, 2.45) is 0 Å². The van der Waals surface area contributed by atoms with Crippen LogP contribution in [0.15, 0.2) is 24.3 Å². The van der Waals surface area contributed by atoms with Crippen molar-refractivity contribution in [1.29, 1.82) is 0 Å². The van der Waals surface area contributed by atoms with E-state index >= 15 is 0 Å². The second-order valence-electron chi connectivity index (χ2n) is 4.36. The number of ether oxygens (including phenoxy) is 2. The van der Waals surface area contributed by atoms with Gasteiger partial charge in [0.05, 0.1) is 13.2 Å². The molecule has 0 aliphatic carbocycles. The first-order chi connectivity index (χ1) is 8.58. The van der Waals surface area contributed by atoms with E-state index in [0.29, 0.717) is 18.1 Å². The summed E-state index contributed by atoms with van der Waals surface area (Å²) in [5, 5.41) is 3.88. The molecular formula is C13H16ClNO3. The minimum absolute atomic E-state index is 0.236. The van der Waals surface area contributed by atoms with Gasteiger partial charge >= 0.3 is 5.97 Å². The Bertz CT molecular complexity index is 434. The molecule has 0 aromatic heterocycles. The molecule has 18 heavy (non-hydrogen) atoms. The SMILES string of the molecule is COC(=O)C1(Nc2ccc(Cl)cc2)CCOC1C. The smallest absolute Gasteiger partial charge is 0.334 e. The van der Waals surface area contributed by atoms with Crippen molar-refractivity contribution in [2.45, 2.75) is 25.0 Å². The van der Waals surface area contributed by atoms with Gasteiger partial charge in [0.15, 0.2) is 5.54 Å². The van der Waals surface area contributed by atoms with Crippen LogP contribution < -0.4 is 5.32 Å². The van der Waals surface area contributed by atoms with E-state index in [2.05, 4.69) is 5.32 Å². The number of esters is 1.